The predicted octanol–water partition coefficient (Wildman–Crippen LogP) is 0.722. The zero-order valence-corrected chi connectivity index (χ0v) is 10.3. The molecule has 1 aliphatic heterocycles. The van der Waals surface area contributed by atoms with Gasteiger partial charge in [-0.2, -0.15) is 0 Å². The summed E-state index contributed by atoms with van der Waals surface area (Å²) >= 11 is 1.64. The van der Waals surface area contributed by atoms with Crippen LogP contribution in [0.5, 0.6) is 0 Å². The molecule has 84 valence electrons. The van der Waals surface area contributed by atoms with E-state index in [4.69, 9.17) is 5.11 Å². The molecule has 1 rings (SSSR count). The van der Waals surface area contributed by atoms with Gasteiger partial charge in [-0.1, -0.05) is 0 Å². The summed E-state index contributed by atoms with van der Waals surface area (Å²) in [6, 6.07) is 0. The third kappa shape index (κ3) is 2.95. The number of aliphatic hydroxyl groups excluding tert-OH is 1. The lowest BCUT2D eigenvalue weighted by atomic mass is 10.0. The highest BCUT2D eigenvalue weighted by Gasteiger charge is 2.40. The Balaban J connectivity index is 2.68. The van der Waals surface area contributed by atoms with E-state index in [2.05, 4.69) is 0 Å². The third-order valence-electron chi connectivity index (χ3n) is 2.41. The second-order valence-electron chi connectivity index (χ2n) is 4.22. The fourth-order valence-corrected chi connectivity index (χ4v) is 5.29. The van der Waals surface area contributed by atoms with Gasteiger partial charge in [-0.15, -0.1) is 11.8 Å². The Morgan fingerprint density at radius 1 is 1.64 bits per heavy atom. The molecule has 0 aromatic carbocycles. The van der Waals surface area contributed by atoms with Crippen molar-refractivity contribution in [3.05, 3.63) is 0 Å². The molecule has 1 aliphatic rings. The summed E-state index contributed by atoms with van der Waals surface area (Å²) < 4.78 is 11.4. The Morgan fingerprint density at radius 2 is 2.29 bits per heavy atom. The highest BCUT2D eigenvalue weighted by molar-refractivity contribution is 8.13. The van der Waals surface area contributed by atoms with Crippen molar-refractivity contribution in [2.75, 3.05) is 18.1 Å². The van der Waals surface area contributed by atoms with E-state index < -0.39 is 20.5 Å². The Morgan fingerprint density at radius 3 is 2.79 bits per heavy atom. The Labute approximate surface area is 91.7 Å². The van der Waals surface area contributed by atoms with Gasteiger partial charge in [-0.25, -0.2) is 0 Å². The van der Waals surface area contributed by atoms with Gasteiger partial charge in [0.15, 0.2) is 0 Å². The van der Waals surface area contributed by atoms with E-state index in [9.17, 15) is 9.32 Å². The van der Waals surface area contributed by atoms with Crippen molar-refractivity contribution in [1.29, 1.82) is 0 Å². The van der Waals surface area contributed by atoms with Crippen LogP contribution >= 0.6 is 11.8 Å². The molecule has 1 heterocycles. The van der Waals surface area contributed by atoms with Crippen LogP contribution in [0.15, 0.2) is 0 Å². The van der Waals surface area contributed by atoms with Crippen molar-refractivity contribution in [1.82, 2.24) is 0 Å². The van der Waals surface area contributed by atoms with Crippen LogP contribution in [0, 0.1) is 0 Å². The summed E-state index contributed by atoms with van der Waals surface area (Å²) in [5.74, 6) is 1.70. The molecule has 0 aliphatic carbocycles. The number of hydrogen-bond acceptors (Lipinski definition) is 4. The predicted molar refractivity (Wildman–Crippen MR) is 60.8 cm³/mol. The normalized spacial score (nSPS) is 37.9. The quantitative estimate of drug-likeness (QED) is 0.761. The van der Waals surface area contributed by atoms with Gasteiger partial charge in [0.2, 0.25) is 0 Å². The smallest absolute Gasteiger partial charge is 0.0908 e. The third-order valence-corrected chi connectivity index (χ3v) is 6.33. The maximum Gasteiger partial charge on any atom is 0.0908 e. The lowest BCUT2D eigenvalue weighted by Gasteiger charge is -2.37. The van der Waals surface area contributed by atoms with Crippen LogP contribution in [0.25, 0.3) is 0 Å². The molecule has 0 saturated carbocycles. The van der Waals surface area contributed by atoms with Crippen molar-refractivity contribution in [2.24, 2.45) is 0 Å². The van der Waals surface area contributed by atoms with Crippen LogP contribution in [-0.4, -0.2) is 42.2 Å². The maximum absolute atomic E-state index is 11.8. The van der Waals surface area contributed by atoms with E-state index in [0.717, 1.165) is 12.2 Å². The van der Waals surface area contributed by atoms with Gasteiger partial charge < -0.3 is 10.2 Å². The summed E-state index contributed by atoms with van der Waals surface area (Å²) in [5, 5.41) is 18.7. The minimum atomic E-state index is -1.12. The van der Waals surface area contributed by atoms with Crippen LogP contribution in [0.3, 0.4) is 0 Å². The first-order chi connectivity index (χ1) is 6.40. The second kappa shape index (κ2) is 4.51. The minimum Gasteiger partial charge on any atom is -0.393 e. The van der Waals surface area contributed by atoms with Crippen molar-refractivity contribution in [3.63, 3.8) is 0 Å². The molecule has 3 nitrogen and oxygen atoms in total. The average molecular weight is 238 g/mol. The van der Waals surface area contributed by atoms with Gasteiger partial charge in [0.1, 0.15) is 0 Å². The second-order valence-corrected chi connectivity index (χ2v) is 8.07. The average Bonchev–Trinajstić information content (AvgIpc) is 2.10. The summed E-state index contributed by atoms with van der Waals surface area (Å²) in [7, 11) is -0.900. The molecular formula is C9H18O3S2. The van der Waals surface area contributed by atoms with E-state index in [-0.39, 0.29) is 6.61 Å². The van der Waals surface area contributed by atoms with Gasteiger partial charge in [0.25, 0.3) is 0 Å². The molecule has 0 radical (unpaired) electrons. The van der Waals surface area contributed by atoms with Crippen molar-refractivity contribution in [2.45, 2.75) is 36.4 Å². The van der Waals surface area contributed by atoms with E-state index in [1.807, 2.05) is 6.92 Å². The van der Waals surface area contributed by atoms with Crippen molar-refractivity contribution < 1.29 is 14.4 Å². The maximum atomic E-state index is 11.8. The van der Waals surface area contributed by atoms with Crippen molar-refractivity contribution in [3.8, 4) is 0 Å². The van der Waals surface area contributed by atoms with Crippen molar-refractivity contribution >= 4 is 22.6 Å². The van der Waals surface area contributed by atoms with Gasteiger partial charge in [0, 0.05) is 23.0 Å². The first-order valence-corrected chi connectivity index (χ1v) is 7.06. The molecule has 2 N–H and O–H groups in total. The molecule has 0 spiro atoms. The molecule has 0 aromatic rings. The van der Waals surface area contributed by atoms with E-state index in [1.165, 1.54) is 0 Å². The van der Waals surface area contributed by atoms with E-state index in [0.29, 0.717) is 12.2 Å². The molecule has 1 unspecified atom stereocenters. The fourth-order valence-electron chi connectivity index (χ4n) is 1.64. The zero-order chi connectivity index (χ0) is 10.8. The molecule has 3 atom stereocenters. The molecule has 5 heteroatoms. The van der Waals surface area contributed by atoms with Crippen LogP contribution < -0.4 is 0 Å². The van der Waals surface area contributed by atoms with Gasteiger partial charge in [-0.3, -0.25) is 4.21 Å². The van der Waals surface area contributed by atoms with Gasteiger partial charge in [-0.05, 0) is 26.0 Å². The molecule has 0 bridgehead atoms. The van der Waals surface area contributed by atoms with E-state index in [1.54, 1.807) is 18.7 Å². The number of rotatable bonds is 3. The lowest BCUT2D eigenvalue weighted by Crippen LogP contribution is -2.43. The van der Waals surface area contributed by atoms with Crippen LogP contribution in [0.1, 0.15) is 26.7 Å². The minimum absolute atomic E-state index is 0.277. The lowest BCUT2D eigenvalue weighted by molar-refractivity contribution is -0.00656. The zero-order valence-electron chi connectivity index (χ0n) is 8.65. The standard InChI is InChI=1S/C9H18O3S2/c1-8(11,7-10)6-9(2)13-4-3-5-14(9)12/h10-11H,3-7H2,1-2H3/t8-,9+,14?/m0/s1. The Kier molecular flexibility index (Phi) is 4.03. The molecule has 1 fully saturated rings. The van der Waals surface area contributed by atoms with Crippen LogP contribution in [-0.2, 0) is 10.8 Å². The fraction of sp³-hybridized carbons (Fsp3) is 1.00. The molecule has 14 heavy (non-hydrogen) atoms. The summed E-state index contributed by atoms with van der Waals surface area (Å²) in [4.78, 5) is 0. The number of aliphatic hydroxyl groups is 2. The van der Waals surface area contributed by atoms with Crippen LogP contribution in [0.4, 0.5) is 0 Å². The van der Waals surface area contributed by atoms with Gasteiger partial charge in [0.05, 0.1) is 16.3 Å². The number of thioether (sulfide) groups is 1. The highest BCUT2D eigenvalue weighted by Crippen LogP contribution is 2.40. The largest absolute Gasteiger partial charge is 0.393 e. The Hall–Kier alpha value is 0.420. The summed E-state index contributed by atoms with van der Waals surface area (Å²) in [6.07, 6.45) is 1.36. The summed E-state index contributed by atoms with van der Waals surface area (Å²) in [6.45, 7) is 3.22. The molecular weight excluding hydrogens is 220 g/mol. The SMILES string of the molecule is C[C@@](O)(CO)C[C@]1(C)SCCCS1=O. The topological polar surface area (TPSA) is 57.5 Å². The molecule has 0 amide bonds. The first-order valence-electron chi connectivity index (χ1n) is 4.75. The highest BCUT2D eigenvalue weighted by atomic mass is 32.2. The first kappa shape index (κ1) is 12.5. The molecule has 0 aromatic heterocycles. The number of hydrogen-bond donors (Lipinski definition) is 2. The van der Waals surface area contributed by atoms with Crippen LogP contribution in [0.2, 0.25) is 0 Å². The van der Waals surface area contributed by atoms with Gasteiger partial charge >= 0.3 is 0 Å². The summed E-state index contributed by atoms with van der Waals surface area (Å²) in [5.41, 5.74) is -1.12. The monoisotopic (exact) mass is 238 g/mol. The Bertz CT molecular complexity index is 230. The van der Waals surface area contributed by atoms with E-state index >= 15 is 0 Å². The molecule has 1 saturated heterocycles.